The number of anilines is 2. The molecular formula is C19H17N3O7. The Bertz CT molecular complexity index is 959. The van der Waals surface area contributed by atoms with Crippen molar-refractivity contribution in [2.24, 2.45) is 0 Å². The first-order valence-corrected chi connectivity index (χ1v) is 8.62. The Kier molecular flexibility index (Phi) is 5.72. The SMILES string of the molecule is C[C@H](OC(=O)COc1ccc([N+](=O)[O-])cc1)C(=O)N1CC(=O)Nc2ccccc21. The van der Waals surface area contributed by atoms with Crippen LogP contribution in [0.5, 0.6) is 5.75 Å². The minimum Gasteiger partial charge on any atom is -0.482 e. The number of hydrogen-bond acceptors (Lipinski definition) is 7. The smallest absolute Gasteiger partial charge is 0.344 e. The summed E-state index contributed by atoms with van der Waals surface area (Å²) in [5, 5.41) is 13.3. The molecule has 0 radical (unpaired) electrons. The molecule has 1 aliphatic heterocycles. The van der Waals surface area contributed by atoms with Crippen LogP contribution in [-0.4, -0.2) is 42.0 Å². The number of nitro benzene ring substituents is 1. The summed E-state index contributed by atoms with van der Waals surface area (Å²) in [6, 6.07) is 12.0. The van der Waals surface area contributed by atoms with Crippen molar-refractivity contribution in [3.8, 4) is 5.75 Å². The van der Waals surface area contributed by atoms with Crippen molar-refractivity contribution in [2.75, 3.05) is 23.4 Å². The number of carbonyl (C=O) groups excluding carboxylic acids is 3. The summed E-state index contributed by atoms with van der Waals surface area (Å²) in [6.07, 6.45) is -1.14. The van der Waals surface area contributed by atoms with E-state index < -0.39 is 29.5 Å². The second kappa shape index (κ2) is 8.38. The lowest BCUT2D eigenvalue weighted by Gasteiger charge is -2.30. The van der Waals surface area contributed by atoms with Gasteiger partial charge in [-0.15, -0.1) is 0 Å². The molecule has 0 aromatic heterocycles. The zero-order valence-corrected chi connectivity index (χ0v) is 15.4. The summed E-state index contributed by atoms with van der Waals surface area (Å²) in [5.41, 5.74) is 0.907. The van der Waals surface area contributed by atoms with Gasteiger partial charge in [0, 0.05) is 12.1 Å². The molecule has 1 atom stereocenters. The van der Waals surface area contributed by atoms with E-state index in [1.807, 2.05) is 0 Å². The van der Waals surface area contributed by atoms with Gasteiger partial charge in [-0.2, -0.15) is 0 Å². The first-order chi connectivity index (χ1) is 13.8. The lowest BCUT2D eigenvalue weighted by atomic mass is 10.1. The van der Waals surface area contributed by atoms with E-state index in [1.165, 1.54) is 36.1 Å². The van der Waals surface area contributed by atoms with E-state index in [-0.39, 0.29) is 23.9 Å². The summed E-state index contributed by atoms with van der Waals surface area (Å²) in [5.74, 6) is -1.44. The molecule has 0 unspecified atom stereocenters. The molecule has 0 saturated heterocycles. The van der Waals surface area contributed by atoms with Gasteiger partial charge in [0.1, 0.15) is 12.3 Å². The van der Waals surface area contributed by atoms with Crippen molar-refractivity contribution in [1.29, 1.82) is 0 Å². The van der Waals surface area contributed by atoms with Crippen molar-refractivity contribution >= 4 is 34.8 Å². The summed E-state index contributed by atoms with van der Waals surface area (Å²) < 4.78 is 10.3. The van der Waals surface area contributed by atoms with Gasteiger partial charge in [0.05, 0.1) is 16.3 Å². The van der Waals surface area contributed by atoms with Gasteiger partial charge in [-0.25, -0.2) is 4.79 Å². The van der Waals surface area contributed by atoms with Crippen molar-refractivity contribution < 1.29 is 28.8 Å². The van der Waals surface area contributed by atoms with E-state index >= 15 is 0 Å². The Hall–Kier alpha value is -3.95. The maximum atomic E-state index is 12.7. The maximum Gasteiger partial charge on any atom is 0.344 e. The van der Waals surface area contributed by atoms with Gasteiger partial charge in [-0.3, -0.25) is 24.6 Å². The molecule has 3 rings (SSSR count). The fourth-order valence-corrected chi connectivity index (χ4v) is 2.74. The quantitative estimate of drug-likeness (QED) is 0.446. The van der Waals surface area contributed by atoms with E-state index in [0.717, 1.165) is 0 Å². The third-order valence-electron chi connectivity index (χ3n) is 4.10. The number of nitrogens with one attached hydrogen (secondary N) is 1. The average Bonchev–Trinajstić information content (AvgIpc) is 2.71. The maximum absolute atomic E-state index is 12.7. The van der Waals surface area contributed by atoms with Crippen LogP contribution < -0.4 is 15.0 Å². The zero-order chi connectivity index (χ0) is 21.0. The number of amides is 2. The number of nitro groups is 1. The molecule has 1 heterocycles. The van der Waals surface area contributed by atoms with Crippen LogP contribution in [0.1, 0.15) is 6.92 Å². The molecule has 150 valence electrons. The van der Waals surface area contributed by atoms with Crippen molar-refractivity contribution in [2.45, 2.75) is 13.0 Å². The molecule has 2 aromatic carbocycles. The number of hydrogen-bond donors (Lipinski definition) is 1. The lowest BCUT2D eigenvalue weighted by molar-refractivity contribution is -0.384. The third-order valence-corrected chi connectivity index (χ3v) is 4.10. The molecular weight excluding hydrogens is 382 g/mol. The predicted octanol–water partition coefficient (Wildman–Crippen LogP) is 1.89. The van der Waals surface area contributed by atoms with Crippen LogP contribution in [0.15, 0.2) is 48.5 Å². The fraction of sp³-hybridized carbons (Fsp3) is 0.211. The van der Waals surface area contributed by atoms with Gasteiger partial charge >= 0.3 is 5.97 Å². The first-order valence-electron chi connectivity index (χ1n) is 8.62. The first kappa shape index (κ1) is 19.8. The summed E-state index contributed by atoms with van der Waals surface area (Å²) in [4.78, 5) is 47.8. The molecule has 1 N–H and O–H groups in total. The highest BCUT2D eigenvalue weighted by atomic mass is 16.6. The molecule has 29 heavy (non-hydrogen) atoms. The van der Waals surface area contributed by atoms with Crippen LogP contribution >= 0.6 is 0 Å². The molecule has 10 nitrogen and oxygen atoms in total. The number of nitrogens with zero attached hydrogens (tertiary/aromatic N) is 2. The molecule has 2 amide bonds. The van der Waals surface area contributed by atoms with E-state index in [9.17, 15) is 24.5 Å². The van der Waals surface area contributed by atoms with E-state index in [4.69, 9.17) is 9.47 Å². The van der Waals surface area contributed by atoms with Gasteiger partial charge in [0.25, 0.3) is 11.6 Å². The minimum atomic E-state index is -1.14. The number of rotatable bonds is 6. The Morgan fingerprint density at radius 1 is 1.21 bits per heavy atom. The Morgan fingerprint density at radius 3 is 2.59 bits per heavy atom. The van der Waals surface area contributed by atoms with Crippen LogP contribution in [0, 0.1) is 10.1 Å². The van der Waals surface area contributed by atoms with Crippen LogP contribution in [-0.2, 0) is 19.1 Å². The Morgan fingerprint density at radius 2 is 1.90 bits per heavy atom. The Balaban J connectivity index is 1.57. The highest BCUT2D eigenvalue weighted by Crippen LogP contribution is 2.29. The molecule has 1 aliphatic rings. The van der Waals surface area contributed by atoms with Crippen LogP contribution in [0.3, 0.4) is 0 Å². The largest absolute Gasteiger partial charge is 0.482 e. The second-order valence-corrected chi connectivity index (χ2v) is 6.16. The molecule has 0 fully saturated rings. The summed E-state index contributed by atoms with van der Waals surface area (Å²) >= 11 is 0. The van der Waals surface area contributed by atoms with Crippen LogP contribution in [0.25, 0.3) is 0 Å². The van der Waals surface area contributed by atoms with E-state index in [0.29, 0.717) is 11.4 Å². The van der Waals surface area contributed by atoms with Gasteiger partial charge in [0.2, 0.25) is 5.91 Å². The van der Waals surface area contributed by atoms with E-state index in [1.54, 1.807) is 24.3 Å². The number of benzene rings is 2. The molecule has 2 aromatic rings. The van der Waals surface area contributed by atoms with Gasteiger partial charge in [-0.05, 0) is 31.2 Å². The van der Waals surface area contributed by atoms with Crippen molar-refractivity contribution in [3.63, 3.8) is 0 Å². The van der Waals surface area contributed by atoms with Gasteiger partial charge in [0.15, 0.2) is 12.7 Å². The lowest BCUT2D eigenvalue weighted by Crippen LogP contribution is -2.47. The van der Waals surface area contributed by atoms with Crippen molar-refractivity contribution in [1.82, 2.24) is 0 Å². The molecule has 0 saturated carbocycles. The number of non-ortho nitro benzene ring substituents is 1. The standard InChI is InChI=1S/C19H17N3O7/c1-12(19(25)21-10-17(23)20-15-4-2-3-5-16(15)21)29-18(24)11-28-14-8-6-13(7-9-14)22(26)27/h2-9,12H,10-11H2,1H3,(H,20,23)/t12-/m0/s1. The highest BCUT2D eigenvalue weighted by Gasteiger charge is 2.31. The molecule has 0 bridgehead atoms. The monoisotopic (exact) mass is 399 g/mol. The van der Waals surface area contributed by atoms with Crippen LogP contribution in [0.2, 0.25) is 0 Å². The number of carbonyl (C=O) groups is 3. The predicted molar refractivity (Wildman–Crippen MR) is 102 cm³/mol. The van der Waals surface area contributed by atoms with Gasteiger partial charge in [-0.1, -0.05) is 12.1 Å². The molecule has 10 heteroatoms. The number of fused-ring (bicyclic) bond motifs is 1. The number of esters is 1. The normalized spacial score (nSPS) is 13.7. The fourth-order valence-electron chi connectivity index (χ4n) is 2.74. The molecule has 0 aliphatic carbocycles. The number of para-hydroxylation sites is 2. The summed E-state index contributed by atoms with van der Waals surface area (Å²) in [7, 11) is 0. The number of ether oxygens (including phenoxy) is 2. The third kappa shape index (κ3) is 4.67. The van der Waals surface area contributed by atoms with Crippen LogP contribution in [0.4, 0.5) is 17.1 Å². The molecule has 0 spiro atoms. The topological polar surface area (TPSA) is 128 Å². The van der Waals surface area contributed by atoms with Gasteiger partial charge < -0.3 is 14.8 Å². The highest BCUT2D eigenvalue weighted by molar-refractivity contribution is 6.11. The van der Waals surface area contributed by atoms with E-state index in [2.05, 4.69) is 5.32 Å². The average molecular weight is 399 g/mol. The Labute approximate surface area is 165 Å². The summed E-state index contributed by atoms with van der Waals surface area (Å²) in [6.45, 7) is 0.741. The zero-order valence-electron chi connectivity index (χ0n) is 15.4. The second-order valence-electron chi connectivity index (χ2n) is 6.16. The minimum absolute atomic E-state index is 0.106. The van der Waals surface area contributed by atoms with Crippen molar-refractivity contribution in [3.05, 3.63) is 58.6 Å².